The molecule has 7 heteroatoms. The number of nitrogens with zero attached hydrogens (tertiary/aromatic N) is 4. The Hall–Kier alpha value is -2.34. The van der Waals surface area contributed by atoms with E-state index in [-0.39, 0.29) is 12.5 Å². The highest BCUT2D eigenvalue weighted by atomic mass is 35.5. The van der Waals surface area contributed by atoms with Crippen molar-refractivity contribution in [2.24, 2.45) is 0 Å². The van der Waals surface area contributed by atoms with Crippen LogP contribution in [0.2, 0.25) is 5.02 Å². The van der Waals surface area contributed by atoms with E-state index in [1.165, 1.54) is 0 Å². The highest BCUT2D eigenvalue weighted by Crippen LogP contribution is 2.15. The van der Waals surface area contributed by atoms with Crippen LogP contribution in [0.1, 0.15) is 0 Å². The minimum Gasteiger partial charge on any atom is -0.376 e. The highest BCUT2D eigenvalue weighted by Gasteiger charge is 2.22. The van der Waals surface area contributed by atoms with E-state index in [4.69, 9.17) is 11.6 Å². The molecule has 1 aromatic heterocycles. The zero-order valence-corrected chi connectivity index (χ0v) is 13.4. The molecule has 1 fully saturated rings. The molecule has 2 heterocycles. The quantitative estimate of drug-likeness (QED) is 0.927. The monoisotopic (exact) mass is 331 g/mol. The zero-order chi connectivity index (χ0) is 16.1. The summed E-state index contributed by atoms with van der Waals surface area (Å²) in [6, 6.07) is 9.15. The van der Waals surface area contributed by atoms with Crippen molar-refractivity contribution >= 4 is 29.1 Å². The highest BCUT2D eigenvalue weighted by molar-refractivity contribution is 6.30. The summed E-state index contributed by atoms with van der Waals surface area (Å²) in [6.07, 6.45) is 3.46. The van der Waals surface area contributed by atoms with Gasteiger partial charge in [0.05, 0.1) is 6.54 Å². The number of benzene rings is 1. The molecule has 0 spiro atoms. The number of anilines is 2. The Morgan fingerprint density at radius 1 is 1.13 bits per heavy atom. The van der Waals surface area contributed by atoms with Crippen molar-refractivity contribution in [1.29, 1.82) is 0 Å². The van der Waals surface area contributed by atoms with E-state index in [1.54, 1.807) is 30.6 Å². The first-order chi connectivity index (χ1) is 11.2. The SMILES string of the molecule is O=C(CNc1cccc(Cl)c1)N1CCN(c2ncccn2)CC1. The third-order valence-electron chi connectivity index (χ3n) is 3.74. The Morgan fingerprint density at radius 3 is 2.57 bits per heavy atom. The van der Waals surface area contributed by atoms with Crippen LogP contribution in [-0.2, 0) is 4.79 Å². The van der Waals surface area contributed by atoms with Gasteiger partial charge in [0.25, 0.3) is 0 Å². The fourth-order valence-electron chi connectivity index (χ4n) is 2.50. The Balaban J connectivity index is 1.48. The lowest BCUT2D eigenvalue weighted by atomic mass is 10.3. The van der Waals surface area contributed by atoms with Gasteiger partial charge in [-0.2, -0.15) is 0 Å². The standard InChI is InChI=1S/C16H18ClN5O/c17-13-3-1-4-14(11-13)20-12-15(23)21-7-9-22(10-8-21)16-18-5-2-6-19-16/h1-6,11,20H,7-10,12H2. The van der Waals surface area contributed by atoms with Gasteiger partial charge in [-0.25, -0.2) is 9.97 Å². The molecule has 23 heavy (non-hydrogen) atoms. The average molecular weight is 332 g/mol. The molecule has 2 aromatic rings. The molecule has 0 bridgehead atoms. The number of halogens is 1. The van der Waals surface area contributed by atoms with Crippen LogP contribution in [0, 0.1) is 0 Å². The summed E-state index contributed by atoms with van der Waals surface area (Å²) in [5.74, 6) is 0.801. The van der Waals surface area contributed by atoms with Gasteiger partial charge in [-0.15, -0.1) is 0 Å². The molecule has 6 nitrogen and oxygen atoms in total. The Labute approximate surface area is 140 Å². The van der Waals surface area contributed by atoms with Crippen molar-refractivity contribution in [3.63, 3.8) is 0 Å². The minimum atomic E-state index is 0.0820. The normalized spacial score (nSPS) is 14.7. The van der Waals surface area contributed by atoms with Gasteiger partial charge in [-0.3, -0.25) is 4.79 Å². The van der Waals surface area contributed by atoms with Crippen LogP contribution in [-0.4, -0.2) is 53.5 Å². The van der Waals surface area contributed by atoms with Gasteiger partial charge < -0.3 is 15.1 Å². The molecule has 120 valence electrons. The summed E-state index contributed by atoms with van der Waals surface area (Å²) in [4.78, 5) is 24.7. The van der Waals surface area contributed by atoms with Crippen LogP contribution >= 0.6 is 11.6 Å². The molecule has 0 unspecified atom stereocenters. The van der Waals surface area contributed by atoms with Gasteiger partial charge in [0, 0.05) is 49.3 Å². The molecule has 0 radical (unpaired) electrons. The molecule has 0 aliphatic carbocycles. The summed E-state index contributed by atoms with van der Waals surface area (Å²) in [7, 11) is 0. The number of hydrogen-bond acceptors (Lipinski definition) is 5. The van der Waals surface area contributed by atoms with Crippen molar-refractivity contribution < 1.29 is 4.79 Å². The van der Waals surface area contributed by atoms with Crippen LogP contribution in [0.3, 0.4) is 0 Å². The number of nitrogens with one attached hydrogen (secondary N) is 1. The largest absolute Gasteiger partial charge is 0.376 e. The number of amides is 1. The van der Waals surface area contributed by atoms with E-state index in [0.29, 0.717) is 18.1 Å². The van der Waals surface area contributed by atoms with Gasteiger partial charge in [0.1, 0.15) is 0 Å². The second-order valence-electron chi connectivity index (χ2n) is 5.28. The fourth-order valence-corrected chi connectivity index (χ4v) is 2.69. The van der Waals surface area contributed by atoms with Crippen molar-refractivity contribution in [1.82, 2.24) is 14.9 Å². The zero-order valence-electron chi connectivity index (χ0n) is 12.7. The minimum absolute atomic E-state index is 0.0820. The predicted octanol–water partition coefficient (Wildman–Crippen LogP) is 1.89. The smallest absolute Gasteiger partial charge is 0.241 e. The molecule has 1 N–H and O–H groups in total. The van der Waals surface area contributed by atoms with Gasteiger partial charge >= 0.3 is 0 Å². The average Bonchev–Trinajstić information content (AvgIpc) is 2.61. The topological polar surface area (TPSA) is 61.4 Å². The second kappa shape index (κ2) is 7.28. The van der Waals surface area contributed by atoms with Crippen LogP contribution in [0.5, 0.6) is 0 Å². The first-order valence-electron chi connectivity index (χ1n) is 7.51. The van der Waals surface area contributed by atoms with Crippen LogP contribution < -0.4 is 10.2 Å². The number of carbonyl (C=O) groups is 1. The molecule has 0 saturated carbocycles. The fraction of sp³-hybridized carbons (Fsp3) is 0.312. The number of piperazine rings is 1. The Kier molecular flexibility index (Phi) is 4.92. The van der Waals surface area contributed by atoms with Gasteiger partial charge in [0.2, 0.25) is 11.9 Å². The summed E-state index contributed by atoms with van der Waals surface area (Å²) < 4.78 is 0. The Morgan fingerprint density at radius 2 is 1.87 bits per heavy atom. The van der Waals surface area contributed by atoms with Crippen molar-refractivity contribution in [2.75, 3.05) is 42.9 Å². The van der Waals surface area contributed by atoms with E-state index >= 15 is 0 Å². The maximum atomic E-state index is 12.3. The first kappa shape index (κ1) is 15.6. The molecule has 1 amide bonds. The number of carbonyl (C=O) groups excluding carboxylic acids is 1. The molecule has 1 saturated heterocycles. The molecule has 1 aromatic carbocycles. The third-order valence-corrected chi connectivity index (χ3v) is 3.97. The van der Waals surface area contributed by atoms with E-state index in [1.807, 2.05) is 17.0 Å². The molecule has 3 rings (SSSR count). The van der Waals surface area contributed by atoms with Crippen molar-refractivity contribution in [3.8, 4) is 0 Å². The van der Waals surface area contributed by atoms with Gasteiger partial charge in [0.15, 0.2) is 0 Å². The second-order valence-corrected chi connectivity index (χ2v) is 5.72. The molecular formula is C16H18ClN5O. The third kappa shape index (κ3) is 4.10. The molecule has 1 aliphatic heterocycles. The van der Waals surface area contributed by atoms with Crippen LogP contribution in [0.25, 0.3) is 0 Å². The summed E-state index contributed by atoms with van der Waals surface area (Å²) in [5, 5.41) is 3.76. The summed E-state index contributed by atoms with van der Waals surface area (Å²) >= 11 is 5.93. The summed E-state index contributed by atoms with van der Waals surface area (Å²) in [6.45, 7) is 3.10. The summed E-state index contributed by atoms with van der Waals surface area (Å²) in [5.41, 5.74) is 0.849. The van der Waals surface area contributed by atoms with Crippen molar-refractivity contribution in [2.45, 2.75) is 0 Å². The predicted molar refractivity (Wildman–Crippen MR) is 90.8 cm³/mol. The van der Waals surface area contributed by atoms with E-state index < -0.39 is 0 Å². The lowest BCUT2D eigenvalue weighted by molar-refractivity contribution is -0.129. The number of rotatable bonds is 4. The van der Waals surface area contributed by atoms with Gasteiger partial charge in [-0.1, -0.05) is 17.7 Å². The maximum Gasteiger partial charge on any atom is 0.241 e. The van der Waals surface area contributed by atoms with E-state index in [0.717, 1.165) is 24.7 Å². The number of aromatic nitrogens is 2. The molecular weight excluding hydrogens is 314 g/mol. The lowest BCUT2D eigenvalue weighted by Gasteiger charge is -2.34. The first-order valence-corrected chi connectivity index (χ1v) is 7.89. The molecule has 0 atom stereocenters. The van der Waals surface area contributed by atoms with E-state index in [2.05, 4.69) is 20.2 Å². The lowest BCUT2D eigenvalue weighted by Crippen LogP contribution is -2.50. The maximum absolute atomic E-state index is 12.3. The van der Waals surface area contributed by atoms with Gasteiger partial charge in [-0.05, 0) is 24.3 Å². The number of hydrogen-bond donors (Lipinski definition) is 1. The Bertz CT molecular complexity index is 659. The van der Waals surface area contributed by atoms with Crippen LogP contribution in [0.4, 0.5) is 11.6 Å². The molecule has 1 aliphatic rings. The van der Waals surface area contributed by atoms with E-state index in [9.17, 15) is 4.79 Å². The van der Waals surface area contributed by atoms with Crippen molar-refractivity contribution in [3.05, 3.63) is 47.7 Å². The van der Waals surface area contributed by atoms with Crippen LogP contribution in [0.15, 0.2) is 42.7 Å².